The Morgan fingerprint density at radius 3 is 1.92 bits per heavy atom. The quantitative estimate of drug-likeness (QED) is 0.591. The van der Waals surface area contributed by atoms with Crippen molar-refractivity contribution in [3.8, 4) is 0 Å². The molecule has 0 amide bonds. The number of ether oxygens (including phenoxy) is 2. The van der Waals surface area contributed by atoms with Gasteiger partial charge in [0.05, 0.1) is 0 Å². The molecule has 0 aromatic heterocycles. The first-order valence-corrected chi connectivity index (χ1v) is 9.38. The topological polar surface area (TPSA) is 95.7 Å². The second kappa shape index (κ2) is 10.0. The van der Waals surface area contributed by atoms with Crippen molar-refractivity contribution in [3.63, 3.8) is 0 Å². The summed E-state index contributed by atoms with van der Waals surface area (Å²) in [6.45, 7) is 14.6. The SMILES string of the molecule is CC(C)C(=O)C(C)CCC(C)(C)OC(=O)C(N)CCC(=O)OC(C)(C)C. The number of carbonyl (C=O) groups is 3. The Bertz CT molecular complexity index is 491. The standard InChI is InChI=1S/C20H37NO5/c1-13(2)17(23)14(3)11-12-20(7,8)26-18(24)15(21)9-10-16(22)25-19(4,5)6/h13-15H,9-12,21H2,1-8H3. The molecule has 2 unspecified atom stereocenters. The van der Waals surface area contributed by atoms with Crippen LogP contribution >= 0.6 is 0 Å². The fraction of sp³-hybridized carbons (Fsp3) is 0.850. The first kappa shape index (κ1) is 24.6. The van der Waals surface area contributed by atoms with Crippen LogP contribution in [0.4, 0.5) is 0 Å². The van der Waals surface area contributed by atoms with Crippen LogP contribution in [0.5, 0.6) is 0 Å². The summed E-state index contributed by atoms with van der Waals surface area (Å²) in [7, 11) is 0. The molecule has 6 heteroatoms. The third kappa shape index (κ3) is 10.5. The van der Waals surface area contributed by atoms with E-state index < -0.39 is 23.2 Å². The molecule has 0 heterocycles. The zero-order chi connectivity index (χ0) is 20.7. The maximum Gasteiger partial charge on any atom is 0.323 e. The summed E-state index contributed by atoms with van der Waals surface area (Å²) in [5, 5.41) is 0. The number of ketones is 1. The molecule has 0 aromatic carbocycles. The lowest BCUT2D eigenvalue weighted by Gasteiger charge is -2.28. The van der Waals surface area contributed by atoms with E-state index in [-0.39, 0.29) is 36.4 Å². The van der Waals surface area contributed by atoms with E-state index in [1.54, 1.807) is 34.6 Å². The fourth-order valence-corrected chi connectivity index (χ4v) is 2.46. The van der Waals surface area contributed by atoms with Crippen LogP contribution in [0.2, 0.25) is 0 Å². The van der Waals surface area contributed by atoms with Crippen molar-refractivity contribution in [2.75, 3.05) is 0 Å². The zero-order valence-corrected chi connectivity index (χ0v) is 17.7. The molecule has 2 atom stereocenters. The highest BCUT2D eigenvalue weighted by Gasteiger charge is 2.29. The molecule has 0 fully saturated rings. The summed E-state index contributed by atoms with van der Waals surface area (Å²) < 4.78 is 10.7. The van der Waals surface area contributed by atoms with Crippen LogP contribution in [-0.2, 0) is 23.9 Å². The van der Waals surface area contributed by atoms with Gasteiger partial charge in [-0.1, -0.05) is 20.8 Å². The van der Waals surface area contributed by atoms with E-state index >= 15 is 0 Å². The lowest BCUT2D eigenvalue weighted by molar-refractivity contribution is -0.159. The van der Waals surface area contributed by atoms with Gasteiger partial charge in [0.2, 0.25) is 0 Å². The van der Waals surface area contributed by atoms with Gasteiger partial charge in [-0.05, 0) is 53.9 Å². The molecule has 6 nitrogen and oxygen atoms in total. The van der Waals surface area contributed by atoms with E-state index in [4.69, 9.17) is 15.2 Å². The Morgan fingerprint density at radius 2 is 1.46 bits per heavy atom. The van der Waals surface area contributed by atoms with Gasteiger partial charge in [0.15, 0.2) is 0 Å². The van der Waals surface area contributed by atoms with Crippen molar-refractivity contribution in [2.45, 2.75) is 98.3 Å². The minimum Gasteiger partial charge on any atom is -0.460 e. The molecule has 0 saturated heterocycles. The minimum atomic E-state index is -0.878. The Morgan fingerprint density at radius 1 is 0.923 bits per heavy atom. The lowest BCUT2D eigenvalue weighted by atomic mass is 9.89. The number of hydrogen-bond acceptors (Lipinski definition) is 6. The van der Waals surface area contributed by atoms with Crippen molar-refractivity contribution >= 4 is 17.7 Å². The van der Waals surface area contributed by atoms with E-state index in [0.29, 0.717) is 12.8 Å². The molecular formula is C20H37NO5. The summed E-state index contributed by atoms with van der Waals surface area (Å²) in [5.41, 5.74) is 4.57. The maximum absolute atomic E-state index is 12.2. The third-order valence-corrected chi connectivity index (χ3v) is 3.99. The number of rotatable bonds is 10. The van der Waals surface area contributed by atoms with Crippen molar-refractivity contribution < 1.29 is 23.9 Å². The molecule has 0 aliphatic heterocycles. The molecule has 0 saturated carbocycles. The molecule has 2 N–H and O–H groups in total. The molecular weight excluding hydrogens is 334 g/mol. The van der Waals surface area contributed by atoms with E-state index in [0.717, 1.165) is 0 Å². The van der Waals surface area contributed by atoms with Crippen molar-refractivity contribution in [1.82, 2.24) is 0 Å². The van der Waals surface area contributed by atoms with Gasteiger partial charge in [0.25, 0.3) is 0 Å². The second-order valence-electron chi connectivity index (χ2n) is 8.91. The van der Waals surface area contributed by atoms with E-state index in [2.05, 4.69) is 0 Å². The minimum absolute atomic E-state index is 0.00283. The molecule has 0 spiro atoms. The number of Topliss-reactive ketones (excluding diaryl/α,β-unsaturated/α-hetero) is 1. The van der Waals surface area contributed by atoms with Crippen LogP contribution in [-0.4, -0.2) is 35.0 Å². The van der Waals surface area contributed by atoms with Gasteiger partial charge in [-0.3, -0.25) is 14.4 Å². The van der Waals surface area contributed by atoms with Gasteiger partial charge in [-0.15, -0.1) is 0 Å². The van der Waals surface area contributed by atoms with Gasteiger partial charge < -0.3 is 15.2 Å². The fourth-order valence-electron chi connectivity index (χ4n) is 2.46. The molecule has 26 heavy (non-hydrogen) atoms. The maximum atomic E-state index is 12.2. The monoisotopic (exact) mass is 371 g/mol. The Balaban J connectivity index is 4.41. The third-order valence-electron chi connectivity index (χ3n) is 3.99. The second-order valence-corrected chi connectivity index (χ2v) is 8.91. The first-order chi connectivity index (χ1) is 11.6. The lowest BCUT2D eigenvalue weighted by Crippen LogP contribution is -2.39. The average Bonchev–Trinajstić information content (AvgIpc) is 2.47. The van der Waals surface area contributed by atoms with E-state index in [9.17, 15) is 14.4 Å². The molecule has 0 bridgehead atoms. The Kier molecular flexibility index (Phi) is 9.49. The van der Waals surface area contributed by atoms with Gasteiger partial charge >= 0.3 is 11.9 Å². The summed E-state index contributed by atoms with van der Waals surface area (Å²) in [4.78, 5) is 35.8. The molecule has 0 aromatic rings. The number of nitrogens with two attached hydrogens (primary N) is 1. The van der Waals surface area contributed by atoms with Gasteiger partial charge in [-0.2, -0.15) is 0 Å². The summed E-state index contributed by atoms with van der Waals surface area (Å²) in [5.74, 6) is -0.797. The first-order valence-electron chi connectivity index (χ1n) is 9.38. The van der Waals surface area contributed by atoms with Crippen molar-refractivity contribution in [2.24, 2.45) is 17.6 Å². The smallest absolute Gasteiger partial charge is 0.323 e. The number of carbonyl (C=O) groups excluding carboxylic acids is 3. The van der Waals surface area contributed by atoms with Gasteiger partial charge in [0.1, 0.15) is 23.0 Å². The Hall–Kier alpha value is -1.43. The molecule has 152 valence electrons. The van der Waals surface area contributed by atoms with Crippen LogP contribution in [0.25, 0.3) is 0 Å². The average molecular weight is 372 g/mol. The van der Waals surface area contributed by atoms with E-state index in [1.807, 2.05) is 20.8 Å². The highest BCUT2D eigenvalue weighted by atomic mass is 16.6. The van der Waals surface area contributed by atoms with Crippen LogP contribution < -0.4 is 5.73 Å². The molecule has 0 radical (unpaired) electrons. The normalized spacial score (nSPS) is 14.7. The van der Waals surface area contributed by atoms with Crippen molar-refractivity contribution in [1.29, 1.82) is 0 Å². The predicted molar refractivity (Wildman–Crippen MR) is 101 cm³/mol. The highest BCUT2D eigenvalue weighted by Crippen LogP contribution is 2.23. The Labute approximate surface area is 158 Å². The summed E-state index contributed by atoms with van der Waals surface area (Å²) in [6.07, 6.45) is 1.45. The number of hydrogen-bond donors (Lipinski definition) is 1. The molecule has 0 aliphatic rings. The van der Waals surface area contributed by atoms with E-state index in [1.165, 1.54) is 0 Å². The summed E-state index contributed by atoms with van der Waals surface area (Å²) >= 11 is 0. The van der Waals surface area contributed by atoms with Crippen LogP contribution in [0, 0.1) is 11.8 Å². The van der Waals surface area contributed by atoms with Crippen LogP contribution in [0.3, 0.4) is 0 Å². The molecule has 0 aliphatic carbocycles. The van der Waals surface area contributed by atoms with Crippen LogP contribution in [0.15, 0.2) is 0 Å². The van der Waals surface area contributed by atoms with Crippen LogP contribution in [0.1, 0.15) is 81.1 Å². The zero-order valence-electron chi connectivity index (χ0n) is 17.7. The number of esters is 2. The van der Waals surface area contributed by atoms with Gasteiger partial charge in [-0.25, -0.2) is 0 Å². The molecule has 0 rings (SSSR count). The summed E-state index contributed by atoms with van der Waals surface area (Å²) in [6, 6.07) is -0.878. The van der Waals surface area contributed by atoms with Crippen molar-refractivity contribution in [3.05, 3.63) is 0 Å². The highest BCUT2D eigenvalue weighted by molar-refractivity contribution is 5.82. The largest absolute Gasteiger partial charge is 0.460 e. The predicted octanol–water partition coefficient (Wildman–Crippen LogP) is 3.40. The van der Waals surface area contributed by atoms with Gasteiger partial charge in [0, 0.05) is 18.3 Å².